The second kappa shape index (κ2) is 4.45. The molecule has 1 aromatic rings. The van der Waals surface area contributed by atoms with Crippen LogP contribution >= 0.6 is 0 Å². The Kier molecular flexibility index (Phi) is 3.79. The van der Waals surface area contributed by atoms with Gasteiger partial charge in [-0.1, -0.05) is 39.3 Å². The van der Waals surface area contributed by atoms with E-state index in [1.54, 1.807) is 0 Å². The zero-order valence-electron chi connectivity index (χ0n) is 11.8. The van der Waals surface area contributed by atoms with Gasteiger partial charge in [-0.15, -0.1) is 0 Å². The third kappa shape index (κ3) is 3.28. The van der Waals surface area contributed by atoms with Crippen LogP contribution in [-0.4, -0.2) is 22.9 Å². The van der Waals surface area contributed by atoms with Gasteiger partial charge in [0.2, 0.25) is 0 Å². The van der Waals surface area contributed by atoms with E-state index in [0.29, 0.717) is 6.48 Å². The SMILES string of the molecule is C[n+]1ccc[b-](N([Si](C)(C)C)[Si](C)(C)C)c1. The minimum atomic E-state index is -1.27. The van der Waals surface area contributed by atoms with Gasteiger partial charge in [0.15, 0.2) is 6.20 Å². The van der Waals surface area contributed by atoms with Crippen molar-refractivity contribution < 1.29 is 4.57 Å². The van der Waals surface area contributed by atoms with Crippen LogP contribution < -0.4 is 8.71 Å². The Hall–Kier alpha value is -0.421. The van der Waals surface area contributed by atoms with Gasteiger partial charge in [0, 0.05) is 6.48 Å². The predicted molar refractivity (Wildman–Crippen MR) is 78.5 cm³/mol. The maximum atomic E-state index is 2.82. The van der Waals surface area contributed by atoms with Crippen molar-refractivity contribution >= 4 is 22.9 Å². The molecule has 5 heteroatoms. The fraction of sp³-hybridized carbons (Fsp3) is 0.636. The highest BCUT2D eigenvalue weighted by Crippen LogP contribution is 2.16. The summed E-state index contributed by atoms with van der Waals surface area (Å²) < 4.78 is 5.00. The highest BCUT2D eigenvalue weighted by atomic mass is 28.4. The largest absolute Gasteiger partial charge is 0.634 e. The number of aromatic nitrogens is 1. The molecule has 90 valence electrons. The molecule has 0 N–H and O–H groups in total. The van der Waals surface area contributed by atoms with Crippen LogP contribution in [0.3, 0.4) is 0 Å². The molecule has 0 bridgehead atoms. The van der Waals surface area contributed by atoms with Crippen molar-refractivity contribution in [3.63, 3.8) is 0 Å². The molecular formula is C11H25BN2Si2. The number of hydrogen-bond donors (Lipinski definition) is 0. The standard InChI is InChI=1S/C11H25BN2Si2/c1-13-10-8-9-12(11-13)14(15(2,3)4)16(5,6)7/h8-11H,1-7H3. The van der Waals surface area contributed by atoms with Crippen molar-refractivity contribution in [1.82, 2.24) is 0 Å². The molecule has 0 radical (unpaired) electrons. The lowest BCUT2D eigenvalue weighted by atomic mass is 9.84. The lowest BCUT2D eigenvalue weighted by Gasteiger charge is -2.54. The van der Waals surface area contributed by atoms with Gasteiger partial charge < -0.3 is 4.14 Å². The summed E-state index contributed by atoms with van der Waals surface area (Å²) in [6, 6.07) is 2.18. The van der Waals surface area contributed by atoms with Gasteiger partial charge in [-0.25, -0.2) is 10.5 Å². The van der Waals surface area contributed by atoms with Crippen LogP contribution in [0.2, 0.25) is 39.3 Å². The Bertz CT molecular complexity index is 355. The molecule has 0 aliphatic heterocycles. The average molecular weight is 252 g/mol. The molecular weight excluding hydrogens is 227 g/mol. The highest BCUT2D eigenvalue weighted by Gasteiger charge is 2.28. The summed E-state index contributed by atoms with van der Waals surface area (Å²) in [7, 11) is -0.420. The summed E-state index contributed by atoms with van der Waals surface area (Å²) in [4.78, 5) is 0. The lowest BCUT2D eigenvalue weighted by Crippen LogP contribution is -2.66. The van der Waals surface area contributed by atoms with E-state index in [4.69, 9.17) is 0 Å². The molecule has 1 heterocycles. The van der Waals surface area contributed by atoms with E-state index >= 15 is 0 Å². The zero-order chi connectivity index (χ0) is 12.6. The van der Waals surface area contributed by atoms with E-state index in [1.807, 2.05) is 0 Å². The average Bonchev–Trinajstić information content (AvgIpc) is 1.97. The number of aryl methyl sites for hydroxylation is 1. The third-order valence-corrected chi connectivity index (χ3v) is 10.3. The van der Waals surface area contributed by atoms with Gasteiger partial charge in [0.25, 0.3) is 0 Å². The topological polar surface area (TPSA) is 7.12 Å². The first-order valence-electron chi connectivity index (χ1n) is 6.00. The van der Waals surface area contributed by atoms with E-state index in [2.05, 4.69) is 79.4 Å². The van der Waals surface area contributed by atoms with E-state index in [9.17, 15) is 0 Å². The highest BCUT2D eigenvalue weighted by molar-refractivity contribution is 7.07. The van der Waals surface area contributed by atoms with Crippen LogP contribution in [0.1, 0.15) is 0 Å². The molecule has 1 rings (SSSR count). The number of nitrogens with zero attached hydrogens (tertiary/aromatic N) is 2. The minimum absolute atomic E-state index is 0.494. The third-order valence-electron chi connectivity index (χ3n) is 2.76. The molecule has 0 aliphatic carbocycles. The molecule has 2 nitrogen and oxygen atoms in total. The minimum Gasteiger partial charge on any atom is -0.634 e. The van der Waals surface area contributed by atoms with Gasteiger partial charge in [0.1, 0.15) is 7.05 Å². The molecule has 0 unspecified atom stereocenters. The second-order valence-corrected chi connectivity index (χ2v) is 16.6. The van der Waals surface area contributed by atoms with Crippen LogP contribution in [0.4, 0.5) is 0 Å². The van der Waals surface area contributed by atoms with Crippen molar-refractivity contribution in [2.24, 2.45) is 7.05 Å². The molecule has 0 fully saturated rings. The van der Waals surface area contributed by atoms with Crippen molar-refractivity contribution in [1.29, 1.82) is 0 Å². The molecule has 1 aromatic heterocycles. The van der Waals surface area contributed by atoms with Crippen molar-refractivity contribution in [3.05, 3.63) is 24.3 Å². The monoisotopic (exact) mass is 252 g/mol. The molecule has 0 spiro atoms. The van der Waals surface area contributed by atoms with Crippen LogP contribution in [0.15, 0.2) is 24.3 Å². The number of rotatable bonds is 3. The normalized spacial score (nSPS) is 12.7. The van der Waals surface area contributed by atoms with E-state index < -0.39 is 16.5 Å². The Morgan fingerprint density at radius 2 is 1.50 bits per heavy atom. The fourth-order valence-electron chi connectivity index (χ4n) is 2.69. The maximum absolute atomic E-state index is 2.82. The van der Waals surface area contributed by atoms with Crippen molar-refractivity contribution in [2.45, 2.75) is 39.3 Å². The van der Waals surface area contributed by atoms with E-state index in [0.717, 1.165) is 0 Å². The maximum Gasteiger partial charge on any atom is 0.161 e. The van der Waals surface area contributed by atoms with Crippen molar-refractivity contribution in [2.75, 3.05) is 4.14 Å². The summed E-state index contributed by atoms with van der Waals surface area (Å²) in [5, 5.41) is 0. The van der Waals surface area contributed by atoms with Gasteiger partial charge in [-0.3, -0.25) is 0 Å². The van der Waals surface area contributed by atoms with Crippen LogP contribution in [0.5, 0.6) is 0 Å². The molecule has 0 amide bonds. The molecule has 0 atom stereocenters. The fourth-order valence-corrected chi connectivity index (χ4v) is 12.8. The Balaban J connectivity index is 3.23. The smallest absolute Gasteiger partial charge is 0.161 e. The summed E-state index contributed by atoms with van der Waals surface area (Å²) in [5.74, 6) is 2.33. The van der Waals surface area contributed by atoms with Crippen LogP contribution in [0, 0.1) is 0 Å². The first-order chi connectivity index (χ1) is 7.12. The molecule has 0 saturated heterocycles. The van der Waals surface area contributed by atoms with Crippen LogP contribution in [0.25, 0.3) is 0 Å². The summed E-state index contributed by atoms with van der Waals surface area (Å²) in [6.45, 7) is 15.2. The van der Waals surface area contributed by atoms with Crippen molar-refractivity contribution in [3.8, 4) is 0 Å². The lowest BCUT2D eigenvalue weighted by molar-refractivity contribution is -0.669. The molecule has 0 saturated carbocycles. The van der Waals surface area contributed by atoms with Gasteiger partial charge >= 0.3 is 0 Å². The van der Waals surface area contributed by atoms with Crippen LogP contribution in [-0.2, 0) is 7.05 Å². The molecule has 16 heavy (non-hydrogen) atoms. The summed E-state index contributed by atoms with van der Waals surface area (Å²) in [5.41, 5.74) is 0. The quantitative estimate of drug-likeness (QED) is 0.590. The van der Waals surface area contributed by atoms with Gasteiger partial charge in [-0.05, 0) is 12.2 Å². The first kappa shape index (κ1) is 13.6. The van der Waals surface area contributed by atoms with E-state index in [1.165, 1.54) is 0 Å². The van der Waals surface area contributed by atoms with Gasteiger partial charge in [-0.2, -0.15) is 0 Å². The van der Waals surface area contributed by atoms with E-state index in [-0.39, 0.29) is 0 Å². The van der Waals surface area contributed by atoms with Gasteiger partial charge in [0.05, 0.1) is 16.5 Å². The molecule has 0 aromatic carbocycles. The summed E-state index contributed by atoms with van der Waals surface area (Å²) in [6.07, 6.45) is 4.44. The number of hydrogen-bond acceptors (Lipinski definition) is 1. The second-order valence-electron chi connectivity index (χ2n) is 6.55. The zero-order valence-corrected chi connectivity index (χ0v) is 13.8. The Morgan fingerprint density at radius 3 is 1.88 bits per heavy atom. The Labute approximate surface area is 103 Å². The first-order valence-corrected chi connectivity index (χ1v) is 12.9. The summed E-state index contributed by atoms with van der Waals surface area (Å²) >= 11 is 0. The predicted octanol–water partition coefficient (Wildman–Crippen LogP) is 2.14. The Morgan fingerprint density at radius 1 is 1.00 bits per heavy atom. The molecule has 0 aliphatic rings.